The number of aliphatic hydroxyl groups excluding tert-OH is 1. The molecule has 1 rings (SSSR count). The van der Waals surface area contributed by atoms with Crippen molar-refractivity contribution in [3.8, 4) is 0 Å². The van der Waals surface area contributed by atoms with Crippen LogP contribution in [0.1, 0.15) is 44.5 Å². The first-order valence-electron chi connectivity index (χ1n) is 8.24. The van der Waals surface area contributed by atoms with E-state index in [0.29, 0.717) is 12.0 Å². The summed E-state index contributed by atoms with van der Waals surface area (Å²) in [5.41, 5.74) is 0.297. The number of nitrogens with one attached hydrogen (secondary N) is 2. The highest BCUT2D eigenvalue weighted by Crippen LogP contribution is 2.10. The summed E-state index contributed by atoms with van der Waals surface area (Å²) in [7, 11) is 0. The maximum absolute atomic E-state index is 12.9. The monoisotopic (exact) mass is 338 g/mol. The Hall–Kier alpha value is -1.95. The van der Waals surface area contributed by atoms with E-state index in [1.165, 1.54) is 24.3 Å². The lowest BCUT2D eigenvalue weighted by atomic mass is 9.98. The number of aliphatic hydroxyl groups is 1. The van der Waals surface area contributed by atoms with E-state index in [9.17, 15) is 14.0 Å². The van der Waals surface area contributed by atoms with Crippen molar-refractivity contribution >= 4 is 11.8 Å². The fraction of sp³-hybridized carbons (Fsp3) is 0.556. The summed E-state index contributed by atoms with van der Waals surface area (Å²) < 4.78 is 12.9. The zero-order valence-corrected chi connectivity index (χ0v) is 14.7. The van der Waals surface area contributed by atoms with Crippen LogP contribution in [-0.4, -0.2) is 35.6 Å². The zero-order valence-electron chi connectivity index (χ0n) is 14.7. The number of carbonyl (C=O) groups excluding carboxylic acids is 2. The SMILES string of the molecule is CC(C)C(CCO)NC(=O)C(NC(=O)c1ccc(F)cc1)C(C)C. The van der Waals surface area contributed by atoms with Crippen LogP contribution in [0.4, 0.5) is 4.39 Å². The minimum Gasteiger partial charge on any atom is -0.396 e. The normalized spacial score (nSPS) is 13.7. The lowest BCUT2D eigenvalue weighted by molar-refractivity contribution is -0.125. The Morgan fingerprint density at radius 2 is 1.62 bits per heavy atom. The van der Waals surface area contributed by atoms with Gasteiger partial charge in [-0.1, -0.05) is 27.7 Å². The molecule has 0 heterocycles. The van der Waals surface area contributed by atoms with Crippen molar-refractivity contribution in [1.29, 1.82) is 0 Å². The van der Waals surface area contributed by atoms with Crippen LogP contribution in [-0.2, 0) is 4.79 Å². The molecule has 5 nitrogen and oxygen atoms in total. The third-order valence-electron chi connectivity index (χ3n) is 3.91. The second-order valence-corrected chi connectivity index (χ2v) is 6.57. The molecular formula is C18H27FN2O3. The van der Waals surface area contributed by atoms with Crippen LogP contribution in [0.15, 0.2) is 24.3 Å². The van der Waals surface area contributed by atoms with E-state index >= 15 is 0 Å². The van der Waals surface area contributed by atoms with Crippen LogP contribution in [0.3, 0.4) is 0 Å². The molecule has 2 unspecified atom stereocenters. The van der Waals surface area contributed by atoms with Crippen molar-refractivity contribution in [2.75, 3.05) is 6.61 Å². The van der Waals surface area contributed by atoms with Gasteiger partial charge in [0.25, 0.3) is 5.91 Å². The third-order valence-corrected chi connectivity index (χ3v) is 3.91. The van der Waals surface area contributed by atoms with Crippen molar-refractivity contribution in [2.24, 2.45) is 11.8 Å². The highest BCUT2D eigenvalue weighted by Gasteiger charge is 2.27. The maximum atomic E-state index is 12.9. The highest BCUT2D eigenvalue weighted by atomic mass is 19.1. The van der Waals surface area contributed by atoms with Gasteiger partial charge >= 0.3 is 0 Å². The number of benzene rings is 1. The Balaban J connectivity index is 2.80. The number of rotatable bonds is 8. The van der Waals surface area contributed by atoms with Crippen molar-refractivity contribution in [3.05, 3.63) is 35.6 Å². The molecular weight excluding hydrogens is 311 g/mol. The van der Waals surface area contributed by atoms with E-state index in [4.69, 9.17) is 5.11 Å². The summed E-state index contributed by atoms with van der Waals surface area (Å²) in [5, 5.41) is 14.7. The fourth-order valence-electron chi connectivity index (χ4n) is 2.34. The molecule has 1 aromatic rings. The molecule has 0 aliphatic rings. The first-order valence-corrected chi connectivity index (χ1v) is 8.24. The average molecular weight is 338 g/mol. The summed E-state index contributed by atoms with van der Waals surface area (Å²) in [4.78, 5) is 24.8. The largest absolute Gasteiger partial charge is 0.396 e. The van der Waals surface area contributed by atoms with Gasteiger partial charge in [0.1, 0.15) is 11.9 Å². The zero-order chi connectivity index (χ0) is 18.3. The molecule has 0 aromatic heterocycles. The highest BCUT2D eigenvalue weighted by molar-refractivity contribution is 5.97. The minimum atomic E-state index is -0.706. The quantitative estimate of drug-likeness (QED) is 0.679. The van der Waals surface area contributed by atoms with Gasteiger partial charge in [0, 0.05) is 18.2 Å². The Labute approximate surface area is 142 Å². The van der Waals surface area contributed by atoms with Gasteiger partial charge in [0.05, 0.1) is 0 Å². The number of carbonyl (C=O) groups is 2. The molecule has 2 atom stereocenters. The van der Waals surface area contributed by atoms with Crippen molar-refractivity contribution < 1.29 is 19.1 Å². The first-order chi connectivity index (χ1) is 11.3. The van der Waals surface area contributed by atoms with Crippen LogP contribution in [0, 0.1) is 17.7 Å². The van der Waals surface area contributed by atoms with Gasteiger partial charge in [-0.25, -0.2) is 4.39 Å². The van der Waals surface area contributed by atoms with Gasteiger partial charge in [0.2, 0.25) is 5.91 Å². The molecule has 134 valence electrons. The lowest BCUT2D eigenvalue weighted by Gasteiger charge is -2.27. The maximum Gasteiger partial charge on any atom is 0.251 e. The lowest BCUT2D eigenvalue weighted by Crippen LogP contribution is -2.53. The van der Waals surface area contributed by atoms with Crippen LogP contribution >= 0.6 is 0 Å². The standard InChI is InChI=1S/C18H27FN2O3/c1-11(2)15(9-10-22)20-18(24)16(12(3)4)21-17(23)13-5-7-14(19)8-6-13/h5-8,11-12,15-16,22H,9-10H2,1-4H3,(H,20,24)(H,21,23). The van der Waals surface area contributed by atoms with Gasteiger partial charge in [-0.3, -0.25) is 9.59 Å². The fourth-order valence-corrected chi connectivity index (χ4v) is 2.34. The molecule has 1 aromatic carbocycles. The van der Waals surface area contributed by atoms with Gasteiger partial charge in [0.15, 0.2) is 0 Å². The van der Waals surface area contributed by atoms with Gasteiger partial charge in [-0.05, 0) is 42.5 Å². The average Bonchev–Trinajstić information content (AvgIpc) is 2.52. The topological polar surface area (TPSA) is 78.4 Å². The van der Waals surface area contributed by atoms with Gasteiger partial charge in [-0.15, -0.1) is 0 Å². The summed E-state index contributed by atoms with van der Waals surface area (Å²) in [5.74, 6) is -1.08. The second kappa shape index (κ2) is 9.37. The van der Waals surface area contributed by atoms with Crippen LogP contribution in [0.5, 0.6) is 0 Å². The number of hydrogen-bond donors (Lipinski definition) is 3. The predicted octanol–water partition coefficient (Wildman–Crippen LogP) is 2.10. The molecule has 0 spiro atoms. The van der Waals surface area contributed by atoms with Gasteiger partial charge in [-0.2, -0.15) is 0 Å². The second-order valence-electron chi connectivity index (χ2n) is 6.57. The Bertz CT molecular complexity index is 544. The molecule has 0 saturated heterocycles. The predicted molar refractivity (Wildman–Crippen MR) is 91.0 cm³/mol. The van der Waals surface area contributed by atoms with Crippen LogP contribution in [0.2, 0.25) is 0 Å². The Kier molecular flexibility index (Phi) is 7.85. The van der Waals surface area contributed by atoms with E-state index in [2.05, 4.69) is 10.6 Å². The summed E-state index contributed by atoms with van der Waals surface area (Å²) in [6, 6.07) is 4.30. The molecule has 0 bridgehead atoms. The molecule has 0 fully saturated rings. The molecule has 0 radical (unpaired) electrons. The molecule has 0 aliphatic carbocycles. The first kappa shape index (κ1) is 20.1. The third kappa shape index (κ3) is 5.92. The van der Waals surface area contributed by atoms with Crippen molar-refractivity contribution in [1.82, 2.24) is 10.6 Å². The number of hydrogen-bond acceptors (Lipinski definition) is 3. The van der Waals surface area contributed by atoms with Gasteiger partial charge < -0.3 is 15.7 Å². The van der Waals surface area contributed by atoms with E-state index < -0.39 is 17.8 Å². The number of amides is 2. The summed E-state index contributed by atoms with van der Waals surface area (Å²) >= 11 is 0. The van der Waals surface area contributed by atoms with Crippen LogP contribution in [0.25, 0.3) is 0 Å². The molecule has 24 heavy (non-hydrogen) atoms. The summed E-state index contributed by atoms with van der Waals surface area (Å²) in [6.45, 7) is 7.58. The van der Waals surface area contributed by atoms with Crippen molar-refractivity contribution in [2.45, 2.75) is 46.2 Å². The van der Waals surface area contributed by atoms with E-state index in [-0.39, 0.29) is 30.4 Å². The molecule has 6 heteroatoms. The van der Waals surface area contributed by atoms with Crippen LogP contribution < -0.4 is 10.6 Å². The van der Waals surface area contributed by atoms with E-state index in [1.54, 1.807) is 0 Å². The smallest absolute Gasteiger partial charge is 0.251 e. The Morgan fingerprint density at radius 3 is 2.08 bits per heavy atom. The number of halogens is 1. The van der Waals surface area contributed by atoms with E-state index in [1.807, 2.05) is 27.7 Å². The molecule has 3 N–H and O–H groups in total. The molecule has 2 amide bonds. The molecule has 0 saturated carbocycles. The summed E-state index contributed by atoms with van der Waals surface area (Å²) in [6.07, 6.45) is 0.458. The van der Waals surface area contributed by atoms with Crippen molar-refractivity contribution in [3.63, 3.8) is 0 Å². The molecule has 0 aliphatic heterocycles. The Morgan fingerprint density at radius 1 is 1.04 bits per heavy atom. The van der Waals surface area contributed by atoms with E-state index in [0.717, 1.165) is 0 Å². The minimum absolute atomic E-state index is 0.0165.